The molecule has 0 saturated carbocycles. The van der Waals surface area contributed by atoms with Crippen LogP contribution in [0.3, 0.4) is 0 Å². The van der Waals surface area contributed by atoms with E-state index in [0.29, 0.717) is 12.2 Å². The van der Waals surface area contributed by atoms with E-state index in [4.69, 9.17) is 4.74 Å². The number of esters is 1. The molecule has 0 saturated heterocycles. The van der Waals surface area contributed by atoms with Gasteiger partial charge in [0.25, 0.3) is 0 Å². The van der Waals surface area contributed by atoms with Crippen LogP contribution >= 0.6 is 0 Å². The Balaban J connectivity index is 0.000000763. The van der Waals surface area contributed by atoms with Gasteiger partial charge < -0.3 is 22.0 Å². The van der Waals surface area contributed by atoms with Crippen LogP contribution in [0.1, 0.15) is 26.7 Å². The number of carbonyl (C=O) groups is 1. The van der Waals surface area contributed by atoms with E-state index in [9.17, 15) is 22.1 Å². The maximum Gasteiger partial charge on any atom is 0.673 e. The molecule has 1 rings (SSSR count). The normalized spacial score (nSPS) is 10.6. The summed E-state index contributed by atoms with van der Waals surface area (Å²) >= 11 is 0. The Labute approximate surface area is 127 Å². The summed E-state index contributed by atoms with van der Waals surface area (Å²) in [5, 5.41) is 0. The second-order valence-electron chi connectivity index (χ2n) is 4.60. The first-order valence-corrected chi connectivity index (χ1v) is 6.88. The van der Waals surface area contributed by atoms with E-state index in [-0.39, 0.29) is 5.97 Å². The minimum Gasteiger partial charge on any atom is -0.462 e. The topological polar surface area (TPSA) is 35.1 Å². The molecule has 1 aromatic rings. The van der Waals surface area contributed by atoms with Crippen molar-refractivity contribution in [2.45, 2.75) is 39.8 Å². The summed E-state index contributed by atoms with van der Waals surface area (Å²) in [4.78, 5) is 11.1. The lowest BCUT2D eigenvalue weighted by Crippen LogP contribution is -2.31. The van der Waals surface area contributed by atoms with Crippen molar-refractivity contribution in [3.8, 4) is 0 Å². The lowest BCUT2D eigenvalue weighted by Gasteiger charge is -2.02. The number of aryl methyl sites for hydroxylation is 2. The third kappa shape index (κ3) is 12.0. The molecule has 0 unspecified atom stereocenters. The van der Waals surface area contributed by atoms with Gasteiger partial charge in [0.05, 0.1) is 19.7 Å². The van der Waals surface area contributed by atoms with Crippen molar-refractivity contribution in [3.63, 3.8) is 0 Å². The van der Waals surface area contributed by atoms with Crippen LogP contribution in [-0.2, 0) is 22.6 Å². The molecule has 1 aromatic heterocycles. The number of hydrogen-bond acceptors (Lipinski definition) is 2. The Kier molecular flexibility index (Phi) is 9.20. The van der Waals surface area contributed by atoms with Gasteiger partial charge in [-0.15, -0.1) is 0 Å². The van der Waals surface area contributed by atoms with E-state index < -0.39 is 7.25 Å². The van der Waals surface area contributed by atoms with Crippen LogP contribution in [0.25, 0.3) is 0 Å². The number of unbranched alkanes of at least 4 members (excludes halogenated alkanes) is 1. The Bertz CT molecular complexity index is 469. The molecule has 0 aliphatic heterocycles. The highest BCUT2D eigenvalue weighted by atomic mass is 19.5. The second-order valence-corrected chi connectivity index (χ2v) is 4.60. The predicted octanol–water partition coefficient (Wildman–Crippen LogP) is 3.00. The number of rotatable bonds is 7. The minimum atomic E-state index is -6.00. The molecule has 0 aliphatic rings. The standard InChI is InChI=1S/C13H21N2O2.BF4/c1-4-14-8-9-15(11-14)7-5-6-10-17-13(16)12(2)3;2-1(3,4)5/h8-9,11H,2,4-7,10H2,1,3H3;/q+1;-1. The number of carbonyl (C=O) groups excluding carboxylic acids is 1. The Morgan fingerprint density at radius 3 is 2.36 bits per heavy atom. The molecule has 9 heteroatoms. The van der Waals surface area contributed by atoms with E-state index in [1.165, 1.54) is 0 Å². The van der Waals surface area contributed by atoms with Crippen molar-refractivity contribution in [1.82, 2.24) is 4.57 Å². The Morgan fingerprint density at radius 2 is 1.91 bits per heavy atom. The SMILES string of the molecule is C=C(C)C(=O)OCCCC[n+]1ccn(CC)c1.F[B-](F)(F)F. The fourth-order valence-corrected chi connectivity index (χ4v) is 1.44. The van der Waals surface area contributed by atoms with Crippen molar-refractivity contribution in [1.29, 1.82) is 0 Å². The van der Waals surface area contributed by atoms with E-state index in [2.05, 4.69) is 41.4 Å². The van der Waals surface area contributed by atoms with Crippen molar-refractivity contribution in [2.75, 3.05) is 6.61 Å². The maximum atomic E-state index is 11.1. The molecule has 0 spiro atoms. The Hall–Kier alpha value is -1.80. The van der Waals surface area contributed by atoms with Crippen LogP contribution in [0.15, 0.2) is 30.9 Å². The van der Waals surface area contributed by atoms with Crippen LogP contribution < -0.4 is 4.57 Å². The molecule has 0 atom stereocenters. The van der Waals surface area contributed by atoms with Gasteiger partial charge in [0.2, 0.25) is 6.33 Å². The highest BCUT2D eigenvalue weighted by Gasteiger charge is 2.20. The zero-order valence-electron chi connectivity index (χ0n) is 12.8. The maximum absolute atomic E-state index is 11.1. The molecule has 0 fully saturated rings. The molecule has 0 aromatic carbocycles. The van der Waals surface area contributed by atoms with E-state index >= 15 is 0 Å². The van der Waals surface area contributed by atoms with Crippen LogP contribution in [0.4, 0.5) is 17.3 Å². The predicted molar refractivity (Wildman–Crippen MR) is 75.5 cm³/mol. The highest BCUT2D eigenvalue weighted by molar-refractivity contribution is 6.50. The number of aromatic nitrogens is 2. The number of nitrogens with zero attached hydrogens (tertiary/aromatic N) is 2. The van der Waals surface area contributed by atoms with Gasteiger partial charge in [-0.2, -0.15) is 0 Å². The van der Waals surface area contributed by atoms with Gasteiger partial charge in [-0.3, -0.25) is 0 Å². The van der Waals surface area contributed by atoms with E-state index in [1.54, 1.807) is 6.92 Å². The molecule has 0 bridgehead atoms. The molecule has 126 valence electrons. The van der Waals surface area contributed by atoms with Crippen molar-refractivity contribution in [2.24, 2.45) is 0 Å². The molecule has 0 N–H and O–H groups in total. The van der Waals surface area contributed by atoms with Gasteiger partial charge in [-0.25, -0.2) is 13.9 Å². The van der Waals surface area contributed by atoms with Gasteiger partial charge in [0, 0.05) is 5.57 Å². The minimum absolute atomic E-state index is 0.296. The molecule has 22 heavy (non-hydrogen) atoms. The van der Waals surface area contributed by atoms with Gasteiger partial charge in [0.15, 0.2) is 0 Å². The summed E-state index contributed by atoms with van der Waals surface area (Å²) in [6.07, 6.45) is 8.08. The van der Waals surface area contributed by atoms with Crippen LogP contribution in [0.5, 0.6) is 0 Å². The average molecular weight is 324 g/mol. The summed E-state index contributed by atoms with van der Waals surface area (Å²) < 4.78 is 48.3. The number of hydrogen-bond donors (Lipinski definition) is 0. The van der Waals surface area contributed by atoms with Gasteiger partial charge in [-0.05, 0) is 26.7 Å². The lowest BCUT2D eigenvalue weighted by molar-refractivity contribution is -0.696. The molecule has 4 nitrogen and oxygen atoms in total. The summed E-state index contributed by atoms with van der Waals surface area (Å²) in [5.74, 6) is -0.296. The van der Waals surface area contributed by atoms with Crippen molar-refractivity contribution < 1.29 is 31.4 Å². The first-order chi connectivity index (χ1) is 10.1. The first kappa shape index (κ1) is 20.2. The molecule has 0 aliphatic carbocycles. The van der Waals surface area contributed by atoms with Crippen LogP contribution in [0, 0.1) is 0 Å². The molecule has 0 amide bonds. The molecular weight excluding hydrogens is 303 g/mol. The molecular formula is C13H21BF4N2O2. The van der Waals surface area contributed by atoms with E-state index in [1.807, 2.05) is 0 Å². The lowest BCUT2D eigenvalue weighted by atomic mass is 10.3. The number of ether oxygens (including phenoxy) is 1. The fourth-order valence-electron chi connectivity index (χ4n) is 1.44. The quantitative estimate of drug-likeness (QED) is 0.193. The van der Waals surface area contributed by atoms with Gasteiger partial charge in [-0.1, -0.05) is 6.58 Å². The average Bonchev–Trinajstić information content (AvgIpc) is 2.84. The van der Waals surface area contributed by atoms with Crippen molar-refractivity contribution >= 4 is 13.2 Å². The number of imidazole rings is 1. The van der Waals surface area contributed by atoms with E-state index in [0.717, 1.165) is 25.9 Å². The monoisotopic (exact) mass is 324 g/mol. The summed E-state index contributed by atoms with van der Waals surface area (Å²) in [5.41, 5.74) is 0.458. The Morgan fingerprint density at radius 1 is 1.32 bits per heavy atom. The third-order valence-corrected chi connectivity index (χ3v) is 2.50. The van der Waals surface area contributed by atoms with Crippen molar-refractivity contribution in [3.05, 3.63) is 30.9 Å². The highest BCUT2D eigenvalue weighted by Crippen LogP contribution is 2.06. The summed E-state index contributed by atoms with van der Waals surface area (Å²) in [6, 6.07) is 0. The smallest absolute Gasteiger partial charge is 0.462 e. The zero-order valence-corrected chi connectivity index (χ0v) is 12.8. The largest absolute Gasteiger partial charge is 0.673 e. The summed E-state index contributed by atoms with van der Waals surface area (Å²) in [6.45, 7) is 9.72. The zero-order chi connectivity index (χ0) is 17.2. The van der Waals surface area contributed by atoms with Crippen LogP contribution in [-0.4, -0.2) is 24.4 Å². The molecule has 1 heterocycles. The van der Waals surface area contributed by atoms with Gasteiger partial charge in [0.1, 0.15) is 12.4 Å². The third-order valence-electron chi connectivity index (χ3n) is 2.50. The van der Waals surface area contributed by atoms with Gasteiger partial charge >= 0.3 is 13.2 Å². The summed E-state index contributed by atoms with van der Waals surface area (Å²) in [7, 11) is -6.00. The first-order valence-electron chi connectivity index (χ1n) is 6.88. The fraction of sp³-hybridized carbons (Fsp3) is 0.538. The number of halogens is 4. The second kappa shape index (κ2) is 10.0. The molecule has 0 radical (unpaired) electrons. The van der Waals surface area contributed by atoms with Crippen LogP contribution in [0.2, 0.25) is 0 Å².